The van der Waals surface area contributed by atoms with E-state index in [-0.39, 0.29) is 17.3 Å². The lowest BCUT2D eigenvalue weighted by atomic mass is 9.87. The van der Waals surface area contributed by atoms with Crippen LogP contribution >= 0.6 is 15.9 Å². The fraction of sp³-hybridized carbons (Fsp3) is 0.333. The minimum Gasteiger partial charge on any atom is -0.378 e. The van der Waals surface area contributed by atoms with Crippen molar-refractivity contribution in [2.75, 3.05) is 5.32 Å². The van der Waals surface area contributed by atoms with Crippen LogP contribution in [0.15, 0.2) is 46.9 Å². The molecule has 1 nitrogen and oxygen atoms in total. The van der Waals surface area contributed by atoms with Gasteiger partial charge in [0.1, 0.15) is 5.82 Å². The standard InChI is InChI=1S/C18H21BrFN/c1-12(16-10-7-14(20)11-17(16)19)21-15-8-5-13(6-9-15)18(2,3)4/h5-12,21H,1-4H3. The lowest BCUT2D eigenvalue weighted by Gasteiger charge is -2.21. The number of benzene rings is 2. The highest BCUT2D eigenvalue weighted by Gasteiger charge is 2.14. The third kappa shape index (κ3) is 4.07. The van der Waals surface area contributed by atoms with Crippen molar-refractivity contribution in [2.45, 2.75) is 39.2 Å². The van der Waals surface area contributed by atoms with Gasteiger partial charge in [0.05, 0.1) is 0 Å². The zero-order valence-corrected chi connectivity index (χ0v) is 14.5. The Morgan fingerprint density at radius 1 is 1.05 bits per heavy atom. The van der Waals surface area contributed by atoms with Gasteiger partial charge in [0.25, 0.3) is 0 Å². The fourth-order valence-electron chi connectivity index (χ4n) is 2.25. The van der Waals surface area contributed by atoms with Crippen LogP contribution in [0.25, 0.3) is 0 Å². The van der Waals surface area contributed by atoms with Crippen LogP contribution in [0.3, 0.4) is 0 Å². The maximum absolute atomic E-state index is 13.1. The third-order valence-electron chi connectivity index (χ3n) is 3.56. The number of hydrogen-bond acceptors (Lipinski definition) is 1. The Morgan fingerprint density at radius 2 is 1.67 bits per heavy atom. The van der Waals surface area contributed by atoms with Crippen LogP contribution in [-0.4, -0.2) is 0 Å². The largest absolute Gasteiger partial charge is 0.378 e. The SMILES string of the molecule is CC(Nc1ccc(C(C)(C)C)cc1)c1ccc(F)cc1Br. The van der Waals surface area contributed by atoms with E-state index in [1.165, 1.54) is 17.7 Å². The summed E-state index contributed by atoms with van der Waals surface area (Å²) < 4.78 is 13.9. The summed E-state index contributed by atoms with van der Waals surface area (Å²) in [5.41, 5.74) is 3.57. The zero-order chi connectivity index (χ0) is 15.6. The third-order valence-corrected chi connectivity index (χ3v) is 4.25. The summed E-state index contributed by atoms with van der Waals surface area (Å²) in [6.45, 7) is 8.67. The van der Waals surface area contributed by atoms with Gasteiger partial charge in [0.15, 0.2) is 0 Å². The normalized spacial score (nSPS) is 13.0. The van der Waals surface area contributed by atoms with Crippen molar-refractivity contribution in [3.05, 3.63) is 63.9 Å². The summed E-state index contributed by atoms with van der Waals surface area (Å²) in [4.78, 5) is 0. The number of halogens is 2. The molecule has 0 bridgehead atoms. The highest BCUT2D eigenvalue weighted by molar-refractivity contribution is 9.10. The van der Waals surface area contributed by atoms with Gasteiger partial charge in [-0.05, 0) is 47.7 Å². The van der Waals surface area contributed by atoms with Gasteiger partial charge in [-0.25, -0.2) is 4.39 Å². The molecule has 3 heteroatoms. The zero-order valence-electron chi connectivity index (χ0n) is 12.9. The van der Waals surface area contributed by atoms with E-state index in [0.29, 0.717) is 0 Å². The molecule has 112 valence electrons. The summed E-state index contributed by atoms with van der Waals surface area (Å²) in [5, 5.41) is 3.44. The number of hydrogen-bond donors (Lipinski definition) is 1. The molecular weight excluding hydrogens is 329 g/mol. The van der Waals surface area contributed by atoms with Crippen molar-refractivity contribution < 1.29 is 4.39 Å². The summed E-state index contributed by atoms with van der Waals surface area (Å²) in [5.74, 6) is -0.229. The molecule has 1 N–H and O–H groups in total. The van der Waals surface area contributed by atoms with E-state index >= 15 is 0 Å². The van der Waals surface area contributed by atoms with E-state index in [1.807, 2.05) is 0 Å². The van der Waals surface area contributed by atoms with E-state index < -0.39 is 0 Å². The Balaban J connectivity index is 2.14. The molecule has 21 heavy (non-hydrogen) atoms. The second-order valence-electron chi connectivity index (χ2n) is 6.36. The fourth-order valence-corrected chi connectivity index (χ4v) is 2.94. The number of anilines is 1. The highest BCUT2D eigenvalue weighted by Crippen LogP contribution is 2.28. The molecule has 0 fully saturated rings. The van der Waals surface area contributed by atoms with Gasteiger partial charge in [0, 0.05) is 16.2 Å². The first kappa shape index (κ1) is 16.0. The first-order chi connectivity index (χ1) is 9.77. The molecule has 1 unspecified atom stereocenters. The molecule has 0 aliphatic rings. The summed E-state index contributed by atoms with van der Waals surface area (Å²) >= 11 is 3.42. The van der Waals surface area contributed by atoms with E-state index in [0.717, 1.165) is 15.7 Å². The molecule has 0 aliphatic heterocycles. The first-order valence-electron chi connectivity index (χ1n) is 7.09. The molecule has 0 spiro atoms. The Morgan fingerprint density at radius 3 is 2.19 bits per heavy atom. The maximum Gasteiger partial charge on any atom is 0.124 e. The summed E-state index contributed by atoms with van der Waals surface area (Å²) in [6.07, 6.45) is 0. The van der Waals surface area contributed by atoms with Crippen LogP contribution in [0.4, 0.5) is 10.1 Å². The molecule has 0 saturated carbocycles. The van der Waals surface area contributed by atoms with Crippen LogP contribution in [0.2, 0.25) is 0 Å². The quantitative estimate of drug-likeness (QED) is 0.710. The van der Waals surface area contributed by atoms with Crippen LogP contribution in [0.1, 0.15) is 44.9 Å². The van der Waals surface area contributed by atoms with Crippen molar-refractivity contribution in [3.8, 4) is 0 Å². The molecule has 0 aliphatic carbocycles. The summed E-state index contributed by atoms with van der Waals surface area (Å²) in [6, 6.07) is 13.4. The molecular formula is C18H21BrFN. The molecule has 0 radical (unpaired) electrons. The van der Waals surface area contributed by atoms with E-state index in [9.17, 15) is 4.39 Å². The topological polar surface area (TPSA) is 12.0 Å². The molecule has 1 atom stereocenters. The molecule has 2 aromatic carbocycles. The molecule has 2 aromatic rings. The Labute approximate surface area is 134 Å². The number of rotatable bonds is 3. The van der Waals surface area contributed by atoms with Gasteiger partial charge < -0.3 is 5.32 Å². The van der Waals surface area contributed by atoms with Crippen molar-refractivity contribution in [1.82, 2.24) is 0 Å². The van der Waals surface area contributed by atoms with Crippen LogP contribution in [0.5, 0.6) is 0 Å². The average Bonchev–Trinajstić information content (AvgIpc) is 2.38. The van der Waals surface area contributed by atoms with Gasteiger partial charge in [-0.1, -0.05) is 54.9 Å². The molecule has 0 saturated heterocycles. The maximum atomic E-state index is 13.1. The predicted molar refractivity (Wildman–Crippen MR) is 91.3 cm³/mol. The Hall–Kier alpha value is -1.35. The second-order valence-corrected chi connectivity index (χ2v) is 7.21. The van der Waals surface area contributed by atoms with Gasteiger partial charge >= 0.3 is 0 Å². The Bertz CT molecular complexity index is 614. The highest BCUT2D eigenvalue weighted by atomic mass is 79.9. The first-order valence-corrected chi connectivity index (χ1v) is 7.89. The van der Waals surface area contributed by atoms with Gasteiger partial charge in [0.2, 0.25) is 0 Å². The van der Waals surface area contributed by atoms with Crippen molar-refractivity contribution in [3.63, 3.8) is 0 Å². The van der Waals surface area contributed by atoms with Crippen molar-refractivity contribution >= 4 is 21.6 Å². The van der Waals surface area contributed by atoms with Gasteiger partial charge in [-0.3, -0.25) is 0 Å². The average molecular weight is 350 g/mol. The lowest BCUT2D eigenvalue weighted by molar-refractivity contribution is 0.590. The van der Waals surface area contributed by atoms with Crippen LogP contribution < -0.4 is 5.32 Å². The smallest absolute Gasteiger partial charge is 0.124 e. The molecule has 0 heterocycles. The minimum absolute atomic E-state index is 0.0976. The van der Waals surface area contributed by atoms with E-state index in [4.69, 9.17) is 0 Å². The van der Waals surface area contributed by atoms with Crippen LogP contribution in [-0.2, 0) is 5.41 Å². The minimum atomic E-state index is -0.229. The van der Waals surface area contributed by atoms with Crippen LogP contribution in [0, 0.1) is 5.82 Å². The molecule has 2 rings (SSSR count). The van der Waals surface area contributed by atoms with Crippen molar-refractivity contribution in [1.29, 1.82) is 0 Å². The lowest BCUT2D eigenvalue weighted by Crippen LogP contribution is -2.11. The van der Waals surface area contributed by atoms with E-state index in [2.05, 4.69) is 73.2 Å². The monoisotopic (exact) mass is 349 g/mol. The Kier molecular flexibility index (Phi) is 4.72. The van der Waals surface area contributed by atoms with Crippen molar-refractivity contribution in [2.24, 2.45) is 0 Å². The second kappa shape index (κ2) is 6.18. The van der Waals surface area contributed by atoms with E-state index in [1.54, 1.807) is 6.07 Å². The summed E-state index contributed by atoms with van der Waals surface area (Å²) in [7, 11) is 0. The van der Waals surface area contributed by atoms with Gasteiger partial charge in [-0.2, -0.15) is 0 Å². The van der Waals surface area contributed by atoms with Gasteiger partial charge in [-0.15, -0.1) is 0 Å². The molecule has 0 amide bonds. The number of nitrogens with one attached hydrogen (secondary N) is 1. The molecule has 0 aromatic heterocycles. The predicted octanol–water partition coefficient (Wildman–Crippen LogP) is 6.06.